The molecule has 0 amide bonds. The first-order valence-electron chi connectivity index (χ1n) is 42.2. The van der Waals surface area contributed by atoms with Gasteiger partial charge in [-0.25, -0.2) is 0 Å². The molecule has 23 heterocycles. The number of esters is 7. The highest BCUT2D eigenvalue weighted by molar-refractivity contribution is 5.78. The molecule has 23 aliphatic heterocycles. The second kappa shape index (κ2) is 40.5. The molecule has 24 rings (SSSR count). The van der Waals surface area contributed by atoms with E-state index in [1.54, 1.807) is 18.2 Å². The van der Waals surface area contributed by atoms with Crippen LogP contribution in [-0.4, -0.2) is 364 Å². The molecule has 36 atom stereocenters. The Kier molecular flexibility index (Phi) is 32.9. The molecule has 42 nitrogen and oxygen atoms in total. The quantitative estimate of drug-likeness (QED) is 0.0718. The smallest absolute Gasteiger partial charge is 0.311 e. The number of hydrogen-bond donors (Lipinski definition) is 12. The number of benzene rings is 1. The molecule has 126 heavy (non-hydrogen) atoms. The first-order chi connectivity index (χ1) is 58.3. The van der Waals surface area contributed by atoms with E-state index in [2.05, 4.69) is 0 Å². The molecule has 0 saturated carbocycles. The normalized spacial score (nSPS) is 40.0. The van der Waals surface area contributed by atoms with E-state index in [-0.39, 0.29) is 5.56 Å². The van der Waals surface area contributed by atoms with E-state index in [1.165, 1.54) is 158 Å². The highest BCUT2D eigenvalue weighted by Gasteiger charge is 2.63. The molecule has 0 radical (unpaired) electrons. The molecule has 0 aliphatic carbocycles. The lowest BCUT2D eigenvalue weighted by molar-refractivity contribution is -0.427. The van der Waals surface area contributed by atoms with Crippen LogP contribution in [0.3, 0.4) is 0 Å². The zero-order chi connectivity index (χ0) is 93.7. The minimum atomic E-state index is -2.39. The van der Waals surface area contributed by atoms with Crippen molar-refractivity contribution in [3.63, 3.8) is 0 Å². The second-order valence-electron chi connectivity index (χ2n) is 40.3. The Morgan fingerprint density at radius 1 is 0.214 bits per heavy atom. The van der Waals surface area contributed by atoms with Crippen molar-refractivity contribution in [2.45, 2.75) is 367 Å². The van der Waals surface area contributed by atoms with Crippen molar-refractivity contribution < 1.29 is 204 Å². The monoisotopic (exact) mass is 1810 g/mol. The van der Waals surface area contributed by atoms with Gasteiger partial charge in [-0.1, -0.05) is 30.3 Å². The summed E-state index contributed by atoms with van der Waals surface area (Å²) in [7, 11) is 0. The minimum absolute atomic E-state index is 0.161. The number of hydrogen-bond acceptors (Lipinski definition) is 42. The Hall–Kier alpha value is -5.61. The van der Waals surface area contributed by atoms with Crippen LogP contribution in [-0.2, 0) is 143 Å². The van der Waals surface area contributed by atoms with Gasteiger partial charge in [0, 0.05) is 5.56 Å². The molecule has 0 spiro atoms. The van der Waals surface area contributed by atoms with Crippen molar-refractivity contribution in [3.05, 3.63) is 35.9 Å². The van der Waals surface area contributed by atoms with Gasteiger partial charge in [-0.05, 0) is 145 Å². The van der Waals surface area contributed by atoms with Gasteiger partial charge in [0.25, 0.3) is 0 Å². The van der Waals surface area contributed by atoms with Crippen LogP contribution < -0.4 is 0 Å². The molecule has 0 aromatic heterocycles. The summed E-state index contributed by atoms with van der Waals surface area (Å²) in [6, 6.07) is 7.82. The predicted molar refractivity (Wildman–Crippen MR) is 419 cm³/mol. The van der Waals surface area contributed by atoms with Crippen LogP contribution in [0.15, 0.2) is 30.3 Å². The van der Waals surface area contributed by atoms with Gasteiger partial charge in [0.1, 0.15) is 217 Å². The Bertz CT molecular complexity index is 3800. The van der Waals surface area contributed by atoms with Crippen molar-refractivity contribution in [2.24, 2.45) is 37.9 Å². The third-order valence-corrected chi connectivity index (χ3v) is 22.0. The summed E-state index contributed by atoms with van der Waals surface area (Å²) in [4.78, 5) is 96.4. The van der Waals surface area contributed by atoms with Crippen LogP contribution in [0.2, 0.25) is 0 Å². The highest BCUT2D eigenvalue weighted by atomic mass is 16.8. The van der Waals surface area contributed by atoms with E-state index in [0.717, 1.165) is 0 Å². The maximum absolute atomic E-state index is 13.9. The summed E-state index contributed by atoms with van der Waals surface area (Å²) in [5, 5.41) is 151. The number of carbonyl (C=O) groups excluding carboxylic acids is 7. The number of rotatable bonds is 15. The summed E-state index contributed by atoms with van der Waals surface area (Å²) in [6.07, 6.45) is -75.7. The van der Waals surface area contributed by atoms with E-state index in [1.807, 2.05) is 0 Å². The number of carbonyl (C=O) groups is 7. The average Bonchev–Trinajstić information content (AvgIpc) is 0.774. The number of aliphatic hydroxyl groups excluding tert-OH is 12. The number of ether oxygens (including phenoxy) is 23. The van der Waals surface area contributed by atoms with Gasteiger partial charge in [0.2, 0.25) is 0 Å². The molecule has 42 heteroatoms. The lowest BCUT2D eigenvalue weighted by Crippen LogP contribution is -2.70. The molecule has 23 fully saturated rings. The fraction of sp³-hybridized carbons (Fsp3) is 0.845. The zero-order valence-electron chi connectivity index (χ0n) is 74.7. The maximum Gasteiger partial charge on any atom is 0.311 e. The van der Waals surface area contributed by atoms with E-state index < -0.39 is 347 Å². The molecule has 12 N–H and O–H groups in total. The lowest BCUT2D eigenvalue weighted by atomic mass is 9.94. The van der Waals surface area contributed by atoms with E-state index >= 15 is 0 Å². The molecule has 1 aromatic carbocycles. The number of aliphatic hydroxyl groups is 12. The van der Waals surface area contributed by atoms with Crippen LogP contribution in [0, 0.1) is 37.9 Å². The zero-order valence-corrected chi connectivity index (χ0v) is 74.7. The standard InChI is InChI=1S/C84H130O42/c1-78(2,3)71(97)104-27-35-54-42(85)47(90)64(111-35)119-55-36(28-105-72(98)79(4,5)6)113-66(49(92)43(55)86)121-57-38(30-107-74(100)81(10,11)12)115-68(51(94)45(57)88)123-59-40(32-109-76(102)83(16,17)18)117-70-62(52(59)95)126-63(34-25-23-22-24-26-34)125-61-53(96)69(116-41(60(61)124-70)33-110-77(103)84(19,20)21)122-58-39(31-108-75(101)82(13,14)15)114-67(50(93)46(58)89)120-56-37(29-106-73(99)80(7,8)9)112-65(118-54)48(91)44(56)87/h22-26,35-70,85-96H,27-33H2,1-21H3/t35-,36-,37-,38-,39-,40-,41-,42-,43-,44-,45-,46-,47-,48-,49-,50-,51-,52+,53-,54-,55-,56-,57-,58-,59-,60+,61-,62-,63?,64-,65-,66-,67-,68-,69-,70+/m1/s1. The second-order valence-corrected chi connectivity index (χ2v) is 40.3. The van der Waals surface area contributed by atoms with Gasteiger partial charge in [0.15, 0.2) is 50.3 Å². The van der Waals surface area contributed by atoms with Gasteiger partial charge in [0.05, 0.1) is 37.9 Å². The first kappa shape index (κ1) is 103. The SMILES string of the molecule is CC(C)(C)C(=O)OC[C@H]1O[C@@H]2O[C@H]3[C@H](O)[C@@H](O)[C@@H](O[C@H]4[C@H](O)[C@@H](O)[C@@H](O[C@H]5[C@H](O)[C@@H](O)[C@@H](O[C@H]6[C@H](O)[C@@H](O)[C@@H](O[C@H]7[C@H](O)[C@@H](O)[C@@H](O[C@H]8[C@H](O)[C@H]9OC(c%10ccccc%10)O[C@H]([C@H]2O)[C@H]1O[C@@H]9O[C@@H]8COC(=O)C(C)(C)C)O[C@@H]7COC(=O)C(C)(C)C)O[C@@H]6COC(=O)C(C)(C)C)O[C@@H]5COC(=O)C(C)(C)C)O[C@@H]4COC(=O)C(C)(C)C)O[C@@H]3COC(=O)C(C)(C)C. The minimum Gasteiger partial charge on any atom is -0.462 e. The molecule has 23 saturated heterocycles. The molecule has 1 unspecified atom stereocenters. The van der Waals surface area contributed by atoms with Gasteiger partial charge in [-0.3, -0.25) is 33.6 Å². The summed E-state index contributed by atoms with van der Waals surface area (Å²) in [5.74, 6) is -6.05. The Labute approximate surface area is 729 Å². The van der Waals surface area contributed by atoms with Gasteiger partial charge in [-0.15, -0.1) is 0 Å². The van der Waals surface area contributed by atoms with Gasteiger partial charge in [-0.2, -0.15) is 0 Å². The molecular weight excluding hydrogens is 1680 g/mol. The summed E-state index contributed by atoms with van der Waals surface area (Å²) in [6.45, 7) is 25.5. The van der Waals surface area contributed by atoms with Crippen molar-refractivity contribution in [1.82, 2.24) is 0 Å². The summed E-state index contributed by atoms with van der Waals surface area (Å²) in [5.41, 5.74) is -8.49. The third kappa shape index (κ3) is 24.2. The fourth-order valence-electron chi connectivity index (χ4n) is 14.3. The van der Waals surface area contributed by atoms with Crippen molar-refractivity contribution >= 4 is 41.8 Å². The predicted octanol–water partition coefficient (Wildman–Crippen LogP) is -1.29. The van der Waals surface area contributed by atoms with Gasteiger partial charge >= 0.3 is 41.8 Å². The average molecular weight is 1810 g/mol. The fourth-order valence-corrected chi connectivity index (χ4v) is 14.3. The lowest BCUT2D eigenvalue weighted by Gasteiger charge is -2.53. The van der Waals surface area contributed by atoms with Gasteiger partial charge < -0.3 is 170 Å². The van der Waals surface area contributed by atoms with E-state index in [4.69, 9.17) is 109 Å². The van der Waals surface area contributed by atoms with Crippen LogP contribution in [0.5, 0.6) is 0 Å². The van der Waals surface area contributed by atoms with Crippen molar-refractivity contribution in [1.29, 1.82) is 0 Å². The van der Waals surface area contributed by atoms with Crippen LogP contribution >= 0.6 is 0 Å². The first-order valence-corrected chi connectivity index (χ1v) is 42.2. The molecule has 1 aromatic rings. The third-order valence-electron chi connectivity index (χ3n) is 22.0. The molecule has 23 aliphatic rings. The maximum atomic E-state index is 13.9. The largest absolute Gasteiger partial charge is 0.462 e. The molecule has 16 bridgehead atoms. The topological polar surface area (TPSA) is 575 Å². The Morgan fingerprint density at radius 2 is 0.397 bits per heavy atom. The van der Waals surface area contributed by atoms with Crippen LogP contribution in [0.1, 0.15) is 157 Å². The Balaban J connectivity index is 1.13. The Morgan fingerprint density at radius 3 is 0.619 bits per heavy atom. The van der Waals surface area contributed by atoms with Crippen LogP contribution in [0.25, 0.3) is 0 Å². The van der Waals surface area contributed by atoms with E-state index in [9.17, 15) is 94.8 Å². The highest BCUT2D eigenvalue weighted by Crippen LogP contribution is 2.45. The van der Waals surface area contributed by atoms with E-state index in [0.29, 0.717) is 0 Å². The van der Waals surface area contributed by atoms with Crippen molar-refractivity contribution in [2.75, 3.05) is 46.2 Å². The summed E-state index contributed by atoms with van der Waals surface area (Å²) >= 11 is 0. The van der Waals surface area contributed by atoms with Crippen molar-refractivity contribution in [3.8, 4) is 0 Å². The molecule has 718 valence electrons. The molecular formula is C84H130O42. The summed E-state index contributed by atoms with van der Waals surface area (Å²) < 4.78 is 144. The van der Waals surface area contributed by atoms with Crippen LogP contribution in [0.4, 0.5) is 0 Å².